The summed E-state index contributed by atoms with van der Waals surface area (Å²) in [6.45, 7) is 1.73. The Labute approximate surface area is 108 Å². The molecule has 0 radical (unpaired) electrons. The SMILES string of the molecule is Cc1cc(Oc2c(F)cc(C(=N)N)cc2F)n(C)n1. The first kappa shape index (κ1) is 13.0. The number of hydrogen-bond acceptors (Lipinski definition) is 3. The maximum Gasteiger partial charge on any atom is 0.218 e. The van der Waals surface area contributed by atoms with Gasteiger partial charge in [-0.1, -0.05) is 0 Å². The third kappa shape index (κ3) is 2.54. The van der Waals surface area contributed by atoms with E-state index >= 15 is 0 Å². The fourth-order valence-electron chi connectivity index (χ4n) is 1.60. The first-order valence-electron chi connectivity index (χ1n) is 5.40. The van der Waals surface area contributed by atoms with Crippen molar-refractivity contribution in [2.45, 2.75) is 6.92 Å². The average Bonchev–Trinajstić information content (AvgIpc) is 2.62. The van der Waals surface area contributed by atoms with Crippen molar-refractivity contribution >= 4 is 5.84 Å². The van der Waals surface area contributed by atoms with Gasteiger partial charge < -0.3 is 10.5 Å². The number of ether oxygens (including phenoxy) is 1. The van der Waals surface area contributed by atoms with Gasteiger partial charge in [0.25, 0.3) is 0 Å². The second kappa shape index (κ2) is 4.68. The highest BCUT2D eigenvalue weighted by Crippen LogP contribution is 2.28. The van der Waals surface area contributed by atoms with Gasteiger partial charge >= 0.3 is 0 Å². The Morgan fingerprint density at radius 3 is 2.32 bits per heavy atom. The molecule has 0 aliphatic carbocycles. The number of aryl methyl sites for hydroxylation is 2. The van der Waals surface area contributed by atoms with Gasteiger partial charge in [-0.15, -0.1) is 0 Å². The fourth-order valence-corrected chi connectivity index (χ4v) is 1.60. The van der Waals surface area contributed by atoms with Crippen molar-refractivity contribution in [3.63, 3.8) is 0 Å². The van der Waals surface area contributed by atoms with Gasteiger partial charge in [-0.2, -0.15) is 5.10 Å². The molecule has 5 nitrogen and oxygen atoms in total. The summed E-state index contributed by atoms with van der Waals surface area (Å²) in [5.41, 5.74) is 5.80. The predicted molar refractivity (Wildman–Crippen MR) is 65.4 cm³/mol. The van der Waals surface area contributed by atoms with Crippen LogP contribution >= 0.6 is 0 Å². The van der Waals surface area contributed by atoms with Crippen LogP contribution in [0.1, 0.15) is 11.3 Å². The molecule has 0 atom stereocenters. The Morgan fingerprint density at radius 2 is 1.89 bits per heavy atom. The third-order valence-electron chi connectivity index (χ3n) is 2.47. The Balaban J connectivity index is 2.41. The maximum atomic E-state index is 13.7. The lowest BCUT2D eigenvalue weighted by Crippen LogP contribution is -2.12. The van der Waals surface area contributed by atoms with Crippen LogP contribution in [-0.2, 0) is 7.05 Å². The van der Waals surface area contributed by atoms with Gasteiger partial charge in [-0.25, -0.2) is 13.5 Å². The molecule has 0 spiro atoms. The molecule has 2 aromatic rings. The van der Waals surface area contributed by atoms with Crippen molar-refractivity contribution < 1.29 is 13.5 Å². The van der Waals surface area contributed by atoms with E-state index in [4.69, 9.17) is 15.9 Å². The summed E-state index contributed by atoms with van der Waals surface area (Å²) >= 11 is 0. The summed E-state index contributed by atoms with van der Waals surface area (Å²) in [5.74, 6) is -2.60. The molecule has 3 N–H and O–H groups in total. The van der Waals surface area contributed by atoms with E-state index in [1.54, 1.807) is 20.0 Å². The van der Waals surface area contributed by atoms with Crippen molar-refractivity contribution in [1.82, 2.24) is 9.78 Å². The zero-order chi connectivity index (χ0) is 14.2. The van der Waals surface area contributed by atoms with E-state index in [1.807, 2.05) is 0 Å². The maximum absolute atomic E-state index is 13.7. The van der Waals surface area contributed by atoms with Gasteiger partial charge in [-0.05, 0) is 19.1 Å². The van der Waals surface area contributed by atoms with Crippen LogP contribution in [-0.4, -0.2) is 15.6 Å². The van der Waals surface area contributed by atoms with Gasteiger partial charge in [0.1, 0.15) is 5.84 Å². The van der Waals surface area contributed by atoms with Gasteiger partial charge in [-0.3, -0.25) is 5.41 Å². The molecule has 0 saturated heterocycles. The third-order valence-corrected chi connectivity index (χ3v) is 2.47. The van der Waals surface area contributed by atoms with Crippen LogP contribution in [0.25, 0.3) is 0 Å². The zero-order valence-electron chi connectivity index (χ0n) is 10.4. The normalized spacial score (nSPS) is 10.5. The van der Waals surface area contributed by atoms with E-state index in [0.29, 0.717) is 5.69 Å². The molecule has 0 aliphatic rings. The molecule has 19 heavy (non-hydrogen) atoms. The van der Waals surface area contributed by atoms with E-state index in [-0.39, 0.29) is 11.4 Å². The van der Waals surface area contributed by atoms with E-state index in [2.05, 4.69) is 5.10 Å². The number of amidine groups is 1. The standard InChI is InChI=1S/C12H12F2N4O/c1-6-3-10(18(2)17-6)19-11-8(13)4-7(12(15)16)5-9(11)14/h3-5H,1-2H3,(H3,15,16). The minimum atomic E-state index is -0.927. The number of rotatable bonds is 3. The lowest BCUT2D eigenvalue weighted by atomic mass is 10.2. The van der Waals surface area contributed by atoms with Crippen LogP contribution in [0.5, 0.6) is 11.6 Å². The largest absolute Gasteiger partial charge is 0.433 e. The topological polar surface area (TPSA) is 76.9 Å². The van der Waals surface area contributed by atoms with Crippen LogP contribution < -0.4 is 10.5 Å². The summed E-state index contributed by atoms with van der Waals surface area (Å²) in [5, 5.41) is 11.2. The molecule has 0 amide bonds. The predicted octanol–water partition coefficient (Wildman–Crippen LogP) is 2.08. The van der Waals surface area contributed by atoms with Gasteiger partial charge in [0.2, 0.25) is 11.6 Å². The summed E-state index contributed by atoms with van der Waals surface area (Å²) in [6, 6.07) is 3.45. The Morgan fingerprint density at radius 1 is 1.32 bits per heavy atom. The molecule has 7 heteroatoms. The highest BCUT2D eigenvalue weighted by molar-refractivity contribution is 5.95. The minimum Gasteiger partial charge on any atom is -0.433 e. The number of nitrogens with zero attached hydrogens (tertiary/aromatic N) is 2. The van der Waals surface area contributed by atoms with E-state index < -0.39 is 23.2 Å². The number of hydrogen-bond donors (Lipinski definition) is 2. The van der Waals surface area contributed by atoms with Crippen LogP contribution in [0.2, 0.25) is 0 Å². The number of aromatic nitrogens is 2. The Kier molecular flexibility index (Phi) is 3.20. The molecule has 0 aliphatic heterocycles. The monoisotopic (exact) mass is 266 g/mol. The lowest BCUT2D eigenvalue weighted by molar-refractivity contribution is 0.377. The lowest BCUT2D eigenvalue weighted by Gasteiger charge is -2.09. The quantitative estimate of drug-likeness (QED) is 0.659. The van der Waals surface area contributed by atoms with Crippen molar-refractivity contribution in [2.24, 2.45) is 12.8 Å². The van der Waals surface area contributed by atoms with Crippen molar-refractivity contribution in [3.8, 4) is 11.6 Å². The molecule has 0 unspecified atom stereocenters. The van der Waals surface area contributed by atoms with Gasteiger partial charge in [0, 0.05) is 18.7 Å². The van der Waals surface area contributed by atoms with Crippen molar-refractivity contribution in [2.75, 3.05) is 0 Å². The van der Waals surface area contributed by atoms with Crippen LogP contribution in [0, 0.1) is 24.0 Å². The number of nitrogen functional groups attached to an aromatic ring is 1. The smallest absolute Gasteiger partial charge is 0.218 e. The number of benzene rings is 1. The van der Waals surface area contributed by atoms with Crippen molar-refractivity contribution in [3.05, 3.63) is 41.1 Å². The molecule has 2 rings (SSSR count). The second-order valence-electron chi connectivity index (χ2n) is 4.03. The van der Waals surface area contributed by atoms with Crippen LogP contribution in [0.15, 0.2) is 18.2 Å². The first-order valence-corrected chi connectivity index (χ1v) is 5.40. The summed E-state index contributed by atoms with van der Waals surface area (Å²) in [7, 11) is 1.60. The highest BCUT2D eigenvalue weighted by atomic mass is 19.1. The van der Waals surface area contributed by atoms with E-state index in [9.17, 15) is 8.78 Å². The molecule has 0 fully saturated rings. The molecule has 0 bridgehead atoms. The second-order valence-corrected chi connectivity index (χ2v) is 4.03. The van der Waals surface area contributed by atoms with Crippen molar-refractivity contribution in [1.29, 1.82) is 5.41 Å². The zero-order valence-corrected chi connectivity index (χ0v) is 10.4. The van der Waals surface area contributed by atoms with E-state index in [0.717, 1.165) is 12.1 Å². The highest BCUT2D eigenvalue weighted by Gasteiger charge is 2.16. The molecular formula is C12H12F2N4O. The molecule has 1 heterocycles. The number of halogens is 2. The number of nitrogens with two attached hydrogens (primary N) is 1. The van der Waals surface area contributed by atoms with Gasteiger partial charge in [0.05, 0.1) is 5.69 Å². The van der Waals surface area contributed by atoms with Crippen LogP contribution in [0.4, 0.5) is 8.78 Å². The van der Waals surface area contributed by atoms with Gasteiger partial charge in [0.15, 0.2) is 11.6 Å². The summed E-state index contributed by atoms with van der Waals surface area (Å²) in [4.78, 5) is 0. The van der Waals surface area contributed by atoms with E-state index in [1.165, 1.54) is 4.68 Å². The molecule has 0 saturated carbocycles. The average molecular weight is 266 g/mol. The summed E-state index contributed by atoms with van der Waals surface area (Å²) in [6.07, 6.45) is 0. The minimum absolute atomic E-state index is 0.0384. The summed E-state index contributed by atoms with van der Waals surface area (Å²) < 4.78 is 34.0. The molecule has 1 aromatic heterocycles. The Hall–Kier alpha value is -2.44. The number of nitrogens with one attached hydrogen (secondary N) is 1. The molecule has 1 aromatic carbocycles. The fraction of sp³-hybridized carbons (Fsp3) is 0.167. The molecule has 100 valence electrons. The first-order chi connectivity index (χ1) is 8.88. The molecular weight excluding hydrogens is 254 g/mol. The Bertz CT molecular complexity index is 628. The van der Waals surface area contributed by atoms with Crippen LogP contribution in [0.3, 0.4) is 0 Å².